The van der Waals surface area contributed by atoms with Crippen LogP contribution in [0.5, 0.6) is 0 Å². The van der Waals surface area contributed by atoms with E-state index in [9.17, 15) is 13.2 Å². The van der Waals surface area contributed by atoms with Crippen LogP contribution >= 0.6 is 0 Å². The number of primary amides is 1. The van der Waals surface area contributed by atoms with Gasteiger partial charge in [0.05, 0.1) is 12.3 Å². The highest BCUT2D eigenvalue weighted by molar-refractivity contribution is 7.90. The molecule has 0 spiro atoms. The molecule has 0 heterocycles. The molecule has 134 valence electrons. The monoisotopic (exact) mass is 354 g/mol. The topological polar surface area (TPSA) is 114 Å². The van der Waals surface area contributed by atoms with E-state index in [0.717, 1.165) is 5.56 Å². The fourth-order valence-electron chi connectivity index (χ4n) is 2.01. The highest BCUT2D eigenvalue weighted by Gasteiger charge is 2.09. The molecular weight excluding hydrogens is 328 g/mol. The number of hydrogen-bond donors (Lipinski definition) is 3. The Hall–Kier alpha value is -2.09. The van der Waals surface area contributed by atoms with E-state index < -0.39 is 15.7 Å². The van der Waals surface area contributed by atoms with Crippen molar-refractivity contribution in [2.24, 2.45) is 10.7 Å². The van der Waals surface area contributed by atoms with Crippen LogP contribution in [-0.2, 0) is 16.4 Å². The first-order valence-corrected chi connectivity index (χ1v) is 9.88. The lowest BCUT2D eigenvalue weighted by molar-refractivity contribution is 0.1000. The van der Waals surface area contributed by atoms with E-state index in [1.807, 2.05) is 19.9 Å². The highest BCUT2D eigenvalue weighted by atomic mass is 32.2. The number of rotatable bonds is 8. The average Bonchev–Trinajstić information content (AvgIpc) is 2.50. The van der Waals surface area contributed by atoms with Gasteiger partial charge in [0.15, 0.2) is 5.96 Å². The molecule has 0 aliphatic carbocycles. The third-order valence-electron chi connectivity index (χ3n) is 3.28. The van der Waals surface area contributed by atoms with E-state index in [-0.39, 0.29) is 11.8 Å². The molecule has 0 fully saturated rings. The van der Waals surface area contributed by atoms with Crippen molar-refractivity contribution in [1.29, 1.82) is 0 Å². The van der Waals surface area contributed by atoms with E-state index in [2.05, 4.69) is 15.6 Å². The van der Waals surface area contributed by atoms with Crippen LogP contribution in [-0.4, -0.2) is 44.9 Å². The molecule has 0 aliphatic heterocycles. The van der Waals surface area contributed by atoms with Gasteiger partial charge in [0.1, 0.15) is 9.84 Å². The predicted molar refractivity (Wildman–Crippen MR) is 96.7 cm³/mol. The van der Waals surface area contributed by atoms with Crippen LogP contribution < -0.4 is 16.4 Å². The Morgan fingerprint density at radius 3 is 2.67 bits per heavy atom. The van der Waals surface area contributed by atoms with E-state index in [1.165, 1.54) is 6.26 Å². The molecule has 1 aromatic rings. The summed E-state index contributed by atoms with van der Waals surface area (Å²) in [6.45, 7) is 4.93. The zero-order valence-electron chi connectivity index (χ0n) is 14.4. The van der Waals surface area contributed by atoms with Crippen molar-refractivity contribution in [2.75, 3.05) is 18.6 Å². The lowest BCUT2D eigenvalue weighted by Gasteiger charge is -2.17. The molecule has 0 bridgehead atoms. The number of guanidine groups is 1. The molecule has 24 heavy (non-hydrogen) atoms. The molecule has 0 aromatic heterocycles. The minimum absolute atomic E-state index is 0.0329. The average molecular weight is 354 g/mol. The number of sulfone groups is 1. The summed E-state index contributed by atoms with van der Waals surface area (Å²) in [5.41, 5.74) is 6.59. The number of hydrogen-bond acceptors (Lipinski definition) is 4. The second kappa shape index (κ2) is 9.27. The Morgan fingerprint density at radius 2 is 2.08 bits per heavy atom. The lowest BCUT2D eigenvalue weighted by atomic mass is 10.1. The van der Waals surface area contributed by atoms with Gasteiger partial charge in [-0.2, -0.15) is 0 Å². The first kappa shape index (κ1) is 20.0. The van der Waals surface area contributed by atoms with Crippen LogP contribution in [0, 0.1) is 0 Å². The molecule has 0 saturated heterocycles. The van der Waals surface area contributed by atoms with Gasteiger partial charge in [-0.25, -0.2) is 13.4 Å². The van der Waals surface area contributed by atoms with Crippen LogP contribution in [0.4, 0.5) is 0 Å². The SMILES string of the molecule is CCNC(=NCc1cccc(C(N)=O)c1)NC(C)CCS(C)(=O)=O. The molecule has 1 unspecified atom stereocenters. The van der Waals surface area contributed by atoms with Gasteiger partial charge in [0.2, 0.25) is 5.91 Å². The second-order valence-corrected chi connectivity index (χ2v) is 7.98. The van der Waals surface area contributed by atoms with Crippen LogP contribution in [0.2, 0.25) is 0 Å². The van der Waals surface area contributed by atoms with Crippen molar-refractivity contribution >= 4 is 21.7 Å². The fraction of sp³-hybridized carbons (Fsp3) is 0.500. The summed E-state index contributed by atoms with van der Waals surface area (Å²) in [7, 11) is -2.98. The zero-order chi connectivity index (χ0) is 18.2. The summed E-state index contributed by atoms with van der Waals surface area (Å²) in [5.74, 6) is 0.254. The number of carbonyl (C=O) groups is 1. The lowest BCUT2D eigenvalue weighted by Crippen LogP contribution is -2.42. The van der Waals surface area contributed by atoms with E-state index in [1.54, 1.807) is 18.2 Å². The Kier molecular flexibility index (Phi) is 7.70. The van der Waals surface area contributed by atoms with E-state index in [0.29, 0.717) is 31.0 Å². The highest BCUT2D eigenvalue weighted by Crippen LogP contribution is 2.06. The van der Waals surface area contributed by atoms with Crippen molar-refractivity contribution in [1.82, 2.24) is 10.6 Å². The van der Waals surface area contributed by atoms with Gasteiger partial charge < -0.3 is 16.4 Å². The maximum Gasteiger partial charge on any atom is 0.248 e. The third-order valence-corrected chi connectivity index (χ3v) is 4.26. The molecule has 0 radical (unpaired) electrons. The largest absolute Gasteiger partial charge is 0.366 e. The summed E-state index contributed by atoms with van der Waals surface area (Å²) >= 11 is 0. The number of nitrogens with one attached hydrogen (secondary N) is 2. The third kappa shape index (κ3) is 7.96. The Morgan fingerprint density at radius 1 is 1.38 bits per heavy atom. The molecule has 1 aromatic carbocycles. The predicted octanol–water partition coefficient (Wildman–Crippen LogP) is 0.664. The summed E-state index contributed by atoms with van der Waals surface area (Å²) in [6.07, 6.45) is 1.73. The van der Waals surface area contributed by atoms with Crippen LogP contribution in [0.15, 0.2) is 29.3 Å². The smallest absolute Gasteiger partial charge is 0.248 e. The Labute approximate surface area is 143 Å². The number of carbonyl (C=O) groups excluding carboxylic acids is 1. The van der Waals surface area contributed by atoms with Crippen molar-refractivity contribution in [2.45, 2.75) is 32.9 Å². The molecule has 7 nitrogen and oxygen atoms in total. The van der Waals surface area contributed by atoms with E-state index in [4.69, 9.17) is 5.73 Å². The number of aliphatic imine (C=N–C) groups is 1. The zero-order valence-corrected chi connectivity index (χ0v) is 15.2. The minimum Gasteiger partial charge on any atom is -0.366 e. The number of nitrogens with zero attached hydrogens (tertiary/aromatic N) is 1. The molecule has 1 atom stereocenters. The van der Waals surface area contributed by atoms with Crippen LogP contribution in [0.3, 0.4) is 0 Å². The molecule has 8 heteroatoms. The van der Waals surface area contributed by atoms with Crippen molar-refractivity contribution in [3.63, 3.8) is 0 Å². The first-order chi connectivity index (χ1) is 11.2. The number of benzene rings is 1. The maximum absolute atomic E-state index is 11.2. The molecule has 0 aliphatic rings. The van der Waals surface area contributed by atoms with Crippen molar-refractivity contribution < 1.29 is 13.2 Å². The number of nitrogens with two attached hydrogens (primary N) is 1. The Bertz CT molecular complexity index is 686. The molecule has 1 rings (SSSR count). The van der Waals surface area contributed by atoms with Gasteiger partial charge in [-0.05, 0) is 38.0 Å². The Balaban J connectivity index is 2.71. The maximum atomic E-state index is 11.2. The van der Waals surface area contributed by atoms with Gasteiger partial charge in [0.25, 0.3) is 0 Å². The molecule has 4 N–H and O–H groups in total. The van der Waals surface area contributed by atoms with Gasteiger partial charge in [-0.1, -0.05) is 12.1 Å². The molecular formula is C16H26N4O3S. The quantitative estimate of drug-likeness (QED) is 0.469. The second-order valence-electron chi connectivity index (χ2n) is 5.72. The summed E-state index contributed by atoms with van der Waals surface area (Å²) < 4.78 is 22.5. The van der Waals surface area contributed by atoms with Crippen LogP contribution in [0.25, 0.3) is 0 Å². The first-order valence-electron chi connectivity index (χ1n) is 7.82. The molecule has 1 amide bonds. The standard InChI is InChI=1S/C16H26N4O3S/c1-4-18-16(20-12(2)8-9-24(3,22)23)19-11-13-6-5-7-14(10-13)15(17)21/h5-7,10,12H,4,8-9,11H2,1-3H3,(H2,17,21)(H2,18,19,20). The fourth-order valence-corrected chi connectivity index (χ4v) is 2.79. The minimum atomic E-state index is -2.98. The van der Waals surface area contributed by atoms with Crippen LogP contribution in [0.1, 0.15) is 36.2 Å². The van der Waals surface area contributed by atoms with Crippen molar-refractivity contribution in [3.05, 3.63) is 35.4 Å². The number of amides is 1. The van der Waals surface area contributed by atoms with Gasteiger partial charge in [-0.15, -0.1) is 0 Å². The summed E-state index contributed by atoms with van der Waals surface area (Å²) in [4.78, 5) is 15.7. The van der Waals surface area contributed by atoms with Gasteiger partial charge >= 0.3 is 0 Å². The van der Waals surface area contributed by atoms with Crippen molar-refractivity contribution in [3.8, 4) is 0 Å². The summed E-state index contributed by atoms with van der Waals surface area (Å²) in [6, 6.07) is 6.97. The van der Waals surface area contributed by atoms with E-state index >= 15 is 0 Å². The van der Waals surface area contributed by atoms with Gasteiger partial charge in [0, 0.05) is 24.4 Å². The summed E-state index contributed by atoms with van der Waals surface area (Å²) in [5, 5.41) is 6.30. The normalized spacial score (nSPS) is 13.4. The molecule has 0 saturated carbocycles. The van der Waals surface area contributed by atoms with Gasteiger partial charge in [-0.3, -0.25) is 4.79 Å².